The van der Waals surface area contributed by atoms with E-state index >= 15 is 0 Å². The third-order valence-electron chi connectivity index (χ3n) is 3.01. The van der Waals surface area contributed by atoms with Crippen LogP contribution < -0.4 is 5.32 Å². The Morgan fingerprint density at radius 3 is 2.59 bits per heavy atom. The molecule has 1 atom stereocenters. The van der Waals surface area contributed by atoms with Crippen LogP contribution in [0.2, 0.25) is 0 Å². The Morgan fingerprint density at radius 1 is 1.41 bits per heavy atom. The van der Waals surface area contributed by atoms with Crippen molar-refractivity contribution in [2.45, 2.75) is 45.2 Å². The molecule has 1 aliphatic rings. The summed E-state index contributed by atoms with van der Waals surface area (Å²) in [4.78, 5) is 26.0. The predicted molar refractivity (Wildman–Crippen MR) is 71.0 cm³/mol. The molecule has 2 amide bonds. The first kappa shape index (κ1) is 14.4. The number of nitrogens with zero attached hydrogens (tertiary/aromatic N) is 1. The van der Waals surface area contributed by atoms with Crippen molar-refractivity contribution in [3.63, 3.8) is 0 Å². The van der Waals surface area contributed by atoms with Crippen molar-refractivity contribution in [2.75, 3.05) is 18.6 Å². The Balaban J connectivity index is 2.87. The molecular formula is C12H22N2O2S. The molecule has 0 radical (unpaired) electrons. The van der Waals surface area contributed by atoms with Crippen LogP contribution in [0.1, 0.15) is 33.6 Å². The summed E-state index contributed by atoms with van der Waals surface area (Å²) < 4.78 is 0. The maximum absolute atomic E-state index is 12.3. The molecule has 1 fully saturated rings. The highest BCUT2D eigenvalue weighted by Crippen LogP contribution is 2.21. The average molecular weight is 258 g/mol. The van der Waals surface area contributed by atoms with E-state index in [1.54, 1.807) is 30.5 Å². The summed E-state index contributed by atoms with van der Waals surface area (Å²) in [5, 5.41) is 2.81. The number of hydrogen-bond acceptors (Lipinski definition) is 3. The topological polar surface area (TPSA) is 49.4 Å². The second-order valence-corrected chi connectivity index (χ2v) is 5.90. The van der Waals surface area contributed by atoms with Gasteiger partial charge < -0.3 is 10.2 Å². The first-order valence-electron chi connectivity index (χ1n) is 6.06. The molecule has 1 rings (SSSR count). The number of amides is 2. The van der Waals surface area contributed by atoms with E-state index in [2.05, 4.69) is 5.32 Å². The Kier molecular flexibility index (Phi) is 4.86. The number of hydrogen-bond donors (Lipinski definition) is 1. The monoisotopic (exact) mass is 258 g/mol. The van der Waals surface area contributed by atoms with Gasteiger partial charge in [0.05, 0.1) is 0 Å². The number of rotatable bonds is 5. The normalized spacial score (nSPS) is 23.8. The first-order chi connectivity index (χ1) is 7.94. The Labute approximate surface area is 108 Å². The van der Waals surface area contributed by atoms with Crippen LogP contribution in [-0.2, 0) is 9.59 Å². The molecule has 1 N–H and O–H groups in total. The molecule has 0 saturated carbocycles. The molecule has 1 unspecified atom stereocenters. The second kappa shape index (κ2) is 5.76. The highest BCUT2D eigenvalue weighted by Gasteiger charge is 2.44. The number of piperazine rings is 1. The van der Waals surface area contributed by atoms with Gasteiger partial charge in [0.25, 0.3) is 0 Å². The van der Waals surface area contributed by atoms with Crippen molar-refractivity contribution in [1.29, 1.82) is 0 Å². The molecule has 0 bridgehead atoms. The van der Waals surface area contributed by atoms with Gasteiger partial charge in [-0.2, -0.15) is 11.8 Å². The van der Waals surface area contributed by atoms with Gasteiger partial charge >= 0.3 is 0 Å². The van der Waals surface area contributed by atoms with E-state index in [9.17, 15) is 9.59 Å². The van der Waals surface area contributed by atoms with Gasteiger partial charge in [-0.3, -0.25) is 9.59 Å². The lowest BCUT2D eigenvalue weighted by Gasteiger charge is -2.42. The lowest BCUT2D eigenvalue weighted by molar-refractivity contribution is -0.153. The summed E-state index contributed by atoms with van der Waals surface area (Å²) in [5.74, 6) is 0.886. The molecule has 0 aliphatic carbocycles. The first-order valence-corrected chi connectivity index (χ1v) is 7.45. The minimum atomic E-state index is -0.764. The fourth-order valence-electron chi connectivity index (χ4n) is 2.09. The van der Waals surface area contributed by atoms with Gasteiger partial charge in [-0.1, -0.05) is 13.3 Å². The Bertz CT molecular complexity index is 305. The molecule has 17 heavy (non-hydrogen) atoms. The molecule has 98 valence electrons. The molecule has 0 aromatic rings. The zero-order valence-corrected chi connectivity index (χ0v) is 11.9. The van der Waals surface area contributed by atoms with Gasteiger partial charge in [0.1, 0.15) is 11.6 Å². The SMILES string of the molecule is CCCC1C(=O)NC(C)(C)C(=O)N1CCSC. The lowest BCUT2D eigenvalue weighted by Crippen LogP contribution is -2.68. The molecule has 1 saturated heterocycles. The summed E-state index contributed by atoms with van der Waals surface area (Å²) in [5.41, 5.74) is -0.764. The van der Waals surface area contributed by atoms with Gasteiger partial charge in [0.2, 0.25) is 11.8 Å². The van der Waals surface area contributed by atoms with Crippen LogP contribution in [0.3, 0.4) is 0 Å². The molecule has 1 aliphatic heterocycles. The van der Waals surface area contributed by atoms with Crippen LogP contribution >= 0.6 is 11.8 Å². The van der Waals surface area contributed by atoms with Crippen LogP contribution in [0.4, 0.5) is 0 Å². The van der Waals surface area contributed by atoms with Crippen LogP contribution in [0.5, 0.6) is 0 Å². The Hall–Kier alpha value is -0.710. The summed E-state index contributed by atoms with van der Waals surface area (Å²) in [6.07, 6.45) is 3.65. The van der Waals surface area contributed by atoms with Crippen molar-refractivity contribution in [3.8, 4) is 0 Å². The molecule has 0 aromatic heterocycles. The smallest absolute Gasteiger partial charge is 0.248 e. The van der Waals surface area contributed by atoms with Crippen LogP contribution in [-0.4, -0.2) is 46.8 Å². The molecule has 4 nitrogen and oxygen atoms in total. The number of carbonyl (C=O) groups is 2. The lowest BCUT2D eigenvalue weighted by atomic mass is 9.95. The van der Waals surface area contributed by atoms with Gasteiger partial charge in [-0.25, -0.2) is 0 Å². The maximum Gasteiger partial charge on any atom is 0.248 e. The average Bonchev–Trinajstić information content (AvgIpc) is 2.25. The largest absolute Gasteiger partial charge is 0.340 e. The van der Waals surface area contributed by atoms with Gasteiger partial charge in [-0.05, 0) is 26.5 Å². The summed E-state index contributed by atoms with van der Waals surface area (Å²) >= 11 is 1.69. The van der Waals surface area contributed by atoms with Gasteiger partial charge in [0, 0.05) is 12.3 Å². The quantitative estimate of drug-likeness (QED) is 0.807. The van der Waals surface area contributed by atoms with E-state index in [0.717, 1.165) is 18.6 Å². The molecule has 0 aromatic carbocycles. The fourth-order valence-corrected chi connectivity index (χ4v) is 2.47. The summed E-state index contributed by atoms with van der Waals surface area (Å²) in [6, 6.07) is -0.285. The van der Waals surface area contributed by atoms with Crippen LogP contribution in [0.25, 0.3) is 0 Å². The van der Waals surface area contributed by atoms with E-state index < -0.39 is 5.54 Å². The zero-order chi connectivity index (χ0) is 13.1. The maximum atomic E-state index is 12.3. The number of carbonyl (C=O) groups excluding carboxylic acids is 2. The summed E-state index contributed by atoms with van der Waals surface area (Å²) in [6.45, 7) is 6.22. The second-order valence-electron chi connectivity index (χ2n) is 4.91. The van der Waals surface area contributed by atoms with E-state index in [1.165, 1.54) is 0 Å². The molecule has 0 spiro atoms. The minimum Gasteiger partial charge on any atom is -0.340 e. The molecular weight excluding hydrogens is 236 g/mol. The highest BCUT2D eigenvalue weighted by molar-refractivity contribution is 7.98. The zero-order valence-electron chi connectivity index (χ0n) is 11.1. The predicted octanol–water partition coefficient (Wildman–Crippen LogP) is 1.26. The van der Waals surface area contributed by atoms with E-state index in [0.29, 0.717) is 6.54 Å². The Morgan fingerprint density at radius 2 is 2.06 bits per heavy atom. The van der Waals surface area contributed by atoms with Crippen molar-refractivity contribution in [1.82, 2.24) is 10.2 Å². The molecule has 5 heteroatoms. The fraction of sp³-hybridized carbons (Fsp3) is 0.833. The highest BCUT2D eigenvalue weighted by atomic mass is 32.2. The van der Waals surface area contributed by atoms with Crippen molar-refractivity contribution >= 4 is 23.6 Å². The van der Waals surface area contributed by atoms with E-state index in [4.69, 9.17) is 0 Å². The van der Waals surface area contributed by atoms with Crippen molar-refractivity contribution in [2.24, 2.45) is 0 Å². The van der Waals surface area contributed by atoms with Gasteiger partial charge in [-0.15, -0.1) is 0 Å². The van der Waals surface area contributed by atoms with Gasteiger partial charge in [0.15, 0.2) is 0 Å². The van der Waals surface area contributed by atoms with Crippen LogP contribution in [0, 0.1) is 0 Å². The minimum absolute atomic E-state index is 0.0162. The van der Waals surface area contributed by atoms with Crippen molar-refractivity contribution < 1.29 is 9.59 Å². The third-order valence-corrected chi connectivity index (χ3v) is 3.60. The van der Waals surface area contributed by atoms with E-state index in [1.807, 2.05) is 13.2 Å². The number of nitrogens with one attached hydrogen (secondary N) is 1. The van der Waals surface area contributed by atoms with Crippen molar-refractivity contribution in [3.05, 3.63) is 0 Å². The molecule has 1 heterocycles. The van der Waals surface area contributed by atoms with Crippen LogP contribution in [0.15, 0.2) is 0 Å². The third kappa shape index (κ3) is 3.15. The van der Waals surface area contributed by atoms with E-state index in [-0.39, 0.29) is 17.9 Å². The number of thioether (sulfide) groups is 1. The summed E-state index contributed by atoms with van der Waals surface area (Å²) in [7, 11) is 0. The standard InChI is InChI=1S/C12H22N2O2S/c1-5-6-9-10(15)13-12(2,3)11(16)14(9)7-8-17-4/h9H,5-8H2,1-4H3,(H,13,15).